The number of hydrogen-bond acceptors (Lipinski definition) is 4. The minimum absolute atomic E-state index is 0.0162. The monoisotopic (exact) mass is 367 g/mol. The maximum absolute atomic E-state index is 12.5. The van der Waals surface area contributed by atoms with E-state index < -0.39 is 4.92 Å². The molecule has 1 heterocycles. The minimum Gasteiger partial charge on any atom is -0.371 e. The van der Waals surface area contributed by atoms with E-state index in [1.165, 1.54) is 36.2 Å². The van der Waals surface area contributed by atoms with Gasteiger partial charge in [-0.15, -0.1) is 0 Å². The summed E-state index contributed by atoms with van der Waals surface area (Å²) in [6.07, 6.45) is 3.43. The molecule has 1 aliphatic heterocycles. The van der Waals surface area contributed by atoms with Crippen LogP contribution in [0.2, 0.25) is 0 Å². The highest BCUT2D eigenvalue weighted by Gasteiger charge is 2.17. The number of anilines is 1. The van der Waals surface area contributed by atoms with E-state index in [9.17, 15) is 14.9 Å². The summed E-state index contributed by atoms with van der Waals surface area (Å²) >= 11 is 0. The number of carbonyl (C=O) groups excluding carboxylic acids is 1. The van der Waals surface area contributed by atoms with Crippen LogP contribution < -0.4 is 4.90 Å². The lowest BCUT2D eigenvalue weighted by atomic mass is 10.1. The van der Waals surface area contributed by atoms with Crippen LogP contribution in [0, 0.1) is 10.1 Å². The molecule has 1 fully saturated rings. The van der Waals surface area contributed by atoms with Gasteiger partial charge in [0.15, 0.2) is 0 Å². The minimum atomic E-state index is -0.438. The van der Waals surface area contributed by atoms with E-state index in [-0.39, 0.29) is 18.0 Å². The van der Waals surface area contributed by atoms with Crippen LogP contribution in [-0.2, 0) is 17.6 Å². The van der Waals surface area contributed by atoms with Gasteiger partial charge in [0.2, 0.25) is 5.91 Å². The molecule has 0 aromatic heterocycles. The van der Waals surface area contributed by atoms with Crippen molar-refractivity contribution in [2.75, 3.05) is 31.6 Å². The Hall–Kier alpha value is -2.89. The van der Waals surface area contributed by atoms with Crippen LogP contribution in [0.15, 0.2) is 48.5 Å². The zero-order chi connectivity index (χ0) is 19.2. The number of hydrogen-bond donors (Lipinski definition) is 0. The molecule has 1 amide bonds. The molecule has 0 bridgehead atoms. The molecule has 2 aromatic rings. The van der Waals surface area contributed by atoms with Crippen molar-refractivity contribution in [2.24, 2.45) is 0 Å². The summed E-state index contributed by atoms with van der Waals surface area (Å²) in [5, 5.41) is 10.9. The maximum Gasteiger partial charge on any atom is 0.269 e. The number of non-ortho nitro benzene ring substituents is 1. The normalized spacial score (nSPS) is 13.6. The molecule has 1 saturated heterocycles. The smallest absolute Gasteiger partial charge is 0.269 e. The van der Waals surface area contributed by atoms with Crippen molar-refractivity contribution < 1.29 is 9.72 Å². The van der Waals surface area contributed by atoms with Gasteiger partial charge in [-0.05, 0) is 36.5 Å². The van der Waals surface area contributed by atoms with E-state index in [4.69, 9.17) is 0 Å². The maximum atomic E-state index is 12.5. The largest absolute Gasteiger partial charge is 0.371 e. The van der Waals surface area contributed by atoms with Crippen LogP contribution >= 0.6 is 0 Å². The first kappa shape index (κ1) is 18.9. The third-order valence-corrected chi connectivity index (χ3v) is 5.06. The molecule has 6 nitrogen and oxygen atoms in total. The highest BCUT2D eigenvalue weighted by Crippen LogP contribution is 2.25. The molecule has 0 spiro atoms. The van der Waals surface area contributed by atoms with Crippen molar-refractivity contribution in [3.63, 3.8) is 0 Å². The number of nitrogens with zero attached hydrogens (tertiary/aromatic N) is 3. The molecule has 0 atom stereocenters. The Morgan fingerprint density at radius 1 is 1.15 bits per heavy atom. The average Bonchev–Trinajstić information content (AvgIpc) is 3.21. The number of likely N-dealkylation sites (N-methyl/N-ethyl adjacent to an activating group) is 1. The Labute approximate surface area is 159 Å². The van der Waals surface area contributed by atoms with Gasteiger partial charge in [0, 0.05) is 44.5 Å². The van der Waals surface area contributed by atoms with Crippen molar-refractivity contribution in [3.8, 4) is 0 Å². The summed E-state index contributed by atoms with van der Waals surface area (Å²) in [4.78, 5) is 27.1. The molecule has 0 saturated carbocycles. The standard InChI is InChI=1S/C21H25N3O3/c1-22(21(25)16-17-7-6-9-19(15-17)24(26)27)14-11-18-8-2-3-10-20(18)23-12-4-5-13-23/h2-3,6-10,15H,4-5,11-14,16H2,1H3. The second kappa shape index (κ2) is 8.66. The number of para-hydroxylation sites is 1. The third-order valence-electron chi connectivity index (χ3n) is 5.06. The number of carbonyl (C=O) groups is 1. The van der Waals surface area contributed by atoms with Crippen molar-refractivity contribution in [1.29, 1.82) is 0 Å². The Balaban J connectivity index is 1.59. The van der Waals surface area contributed by atoms with Gasteiger partial charge >= 0.3 is 0 Å². The van der Waals surface area contributed by atoms with Gasteiger partial charge in [0.1, 0.15) is 0 Å². The fraction of sp³-hybridized carbons (Fsp3) is 0.381. The fourth-order valence-corrected chi connectivity index (χ4v) is 3.49. The molecule has 0 aliphatic carbocycles. The van der Waals surface area contributed by atoms with Crippen LogP contribution in [0.1, 0.15) is 24.0 Å². The highest BCUT2D eigenvalue weighted by molar-refractivity contribution is 5.78. The summed E-state index contributed by atoms with van der Waals surface area (Å²) in [5.41, 5.74) is 3.21. The zero-order valence-electron chi connectivity index (χ0n) is 15.6. The van der Waals surface area contributed by atoms with Crippen LogP contribution in [0.5, 0.6) is 0 Å². The van der Waals surface area contributed by atoms with Crippen LogP contribution in [0.25, 0.3) is 0 Å². The number of rotatable bonds is 7. The molecule has 0 radical (unpaired) electrons. The topological polar surface area (TPSA) is 66.7 Å². The van der Waals surface area contributed by atoms with E-state index in [0.29, 0.717) is 12.1 Å². The lowest BCUT2D eigenvalue weighted by molar-refractivity contribution is -0.384. The van der Waals surface area contributed by atoms with Crippen molar-refractivity contribution >= 4 is 17.3 Å². The first-order chi connectivity index (χ1) is 13.0. The SMILES string of the molecule is CN(CCc1ccccc1N1CCCC1)C(=O)Cc1cccc([N+](=O)[O-])c1. The molecule has 27 heavy (non-hydrogen) atoms. The second-order valence-electron chi connectivity index (χ2n) is 6.99. The van der Waals surface area contributed by atoms with E-state index >= 15 is 0 Å². The van der Waals surface area contributed by atoms with Crippen LogP contribution in [0.4, 0.5) is 11.4 Å². The predicted molar refractivity (Wildman–Crippen MR) is 106 cm³/mol. The number of benzene rings is 2. The summed E-state index contributed by atoms with van der Waals surface area (Å²) in [6.45, 7) is 2.82. The summed E-state index contributed by atoms with van der Waals surface area (Å²) in [7, 11) is 1.79. The van der Waals surface area contributed by atoms with Crippen LogP contribution in [-0.4, -0.2) is 42.4 Å². The molecule has 6 heteroatoms. The Morgan fingerprint density at radius 2 is 1.89 bits per heavy atom. The molecular weight excluding hydrogens is 342 g/mol. The average molecular weight is 367 g/mol. The molecule has 2 aromatic carbocycles. The van der Waals surface area contributed by atoms with Gasteiger partial charge < -0.3 is 9.80 Å². The Morgan fingerprint density at radius 3 is 2.63 bits per heavy atom. The molecule has 3 rings (SSSR count). The van der Waals surface area contributed by atoms with Gasteiger partial charge in [-0.2, -0.15) is 0 Å². The number of nitro groups is 1. The van der Waals surface area contributed by atoms with E-state index in [2.05, 4.69) is 23.1 Å². The molecular formula is C21H25N3O3. The van der Waals surface area contributed by atoms with E-state index in [1.54, 1.807) is 24.1 Å². The summed E-state index contributed by atoms with van der Waals surface area (Å²) in [6, 6.07) is 14.7. The van der Waals surface area contributed by atoms with Crippen LogP contribution in [0.3, 0.4) is 0 Å². The predicted octanol–water partition coefficient (Wildman–Crippen LogP) is 3.44. The van der Waals surface area contributed by atoms with Gasteiger partial charge in [0.05, 0.1) is 11.3 Å². The Kier molecular flexibility index (Phi) is 6.06. The summed E-state index contributed by atoms with van der Waals surface area (Å²) in [5.74, 6) is -0.0332. The van der Waals surface area contributed by atoms with Crippen molar-refractivity contribution in [2.45, 2.75) is 25.7 Å². The first-order valence-corrected chi connectivity index (χ1v) is 9.35. The summed E-state index contributed by atoms with van der Waals surface area (Å²) < 4.78 is 0. The van der Waals surface area contributed by atoms with E-state index in [1.807, 2.05) is 6.07 Å². The molecule has 0 unspecified atom stereocenters. The lowest BCUT2D eigenvalue weighted by Gasteiger charge is -2.23. The van der Waals surface area contributed by atoms with Gasteiger partial charge in [-0.1, -0.05) is 30.3 Å². The molecule has 1 aliphatic rings. The van der Waals surface area contributed by atoms with Gasteiger partial charge in [0.25, 0.3) is 5.69 Å². The van der Waals surface area contributed by atoms with Gasteiger partial charge in [-0.3, -0.25) is 14.9 Å². The molecule has 142 valence electrons. The first-order valence-electron chi connectivity index (χ1n) is 9.35. The fourth-order valence-electron chi connectivity index (χ4n) is 3.49. The highest BCUT2D eigenvalue weighted by atomic mass is 16.6. The zero-order valence-corrected chi connectivity index (χ0v) is 15.6. The second-order valence-corrected chi connectivity index (χ2v) is 6.99. The number of amides is 1. The van der Waals surface area contributed by atoms with Crippen molar-refractivity contribution in [3.05, 3.63) is 69.8 Å². The van der Waals surface area contributed by atoms with Gasteiger partial charge in [-0.25, -0.2) is 0 Å². The lowest BCUT2D eigenvalue weighted by Crippen LogP contribution is -2.30. The van der Waals surface area contributed by atoms with Crippen molar-refractivity contribution in [1.82, 2.24) is 4.90 Å². The number of nitro benzene ring substituents is 1. The quantitative estimate of drug-likeness (QED) is 0.555. The Bertz CT molecular complexity index is 816. The van der Waals surface area contributed by atoms with E-state index in [0.717, 1.165) is 19.5 Å². The third kappa shape index (κ3) is 4.84. The molecule has 0 N–H and O–H groups in total.